The molecule has 1 N–H and O–H groups in total. The van der Waals surface area contributed by atoms with E-state index in [2.05, 4.69) is 50.4 Å². The van der Waals surface area contributed by atoms with E-state index in [4.69, 9.17) is 0 Å². The summed E-state index contributed by atoms with van der Waals surface area (Å²) < 4.78 is 0.987. The molecule has 124 valence electrons. The molecule has 0 bridgehead atoms. The van der Waals surface area contributed by atoms with Crippen molar-refractivity contribution in [3.05, 3.63) is 94.0 Å². The van der Waals surface area contributed by atoms with Gasteiger partial charge in [-0.3, -0.25) is 4.79 Å². The Morgan fingerprint density at radius 2 is 1.44 bits per heavy atom. The van der Waals surface area contributed by atoms with Gasteiger partial charge in [0, 0.05) is 34.5 Å². The fourth-order valence-corrected chi connectivity index (χ4v) is 3.34. The van der Waals surface area contributed by atoms with Crippen LogP contribution in [0.5, 0.6) is 0 Å². The molecule has 0 radical (unpaired) electrons. The van der Waals surface area contributed by atoms with E-state index in [1.54, 1.807) is 0 Å². The number of hydrogen-bond acceptors (Lipinski definition) is 2. The molecule has 25 heavy (non-hydrogen) atoms. The van der Waals surface area contributed by atoms with Gasteiger partial charge in [-0.25, -0.2) is 0 Å². The molecule has 0 saturated carbocycles. The number of nitrogens with one attached hydrogen (secondary N) is 1. The van der Waals surface area contributed by atoms with Crippen LogP contribution < -0.4 is 10.2 Å². The Balaban J connectivity index is 1.45. The van der Waals surface area contributed by atoms with E-state index >= 15 is 0 Å². The first-order valence-corrected chi connectivity index (χ1v) is 8.97. The van der Waals surface area contributed by atoms with Crippen molar-refractivity contribution < 1.29 is 4.79 Å². The Hall–Kier alpha value is -2.59. The molecule has 0 aliphatic carbocycles. The third-order valence-corrected chi connectivity index (χ3v) is 4.97. The lowest BCUT2D eigenvalue weighted by Crippen LogP contribution is -2.15. The molecule has 1 aliphatic rings. The van der Waals surface area contributed by atoms with Crippen LogP contribution in [0.3, 0.4) is 0 Å². The lowest BCUT2D eigenvalue weighted by Gasteiger charge is -2.18. The maximum Gasteiger partial charge on any atom is 0.255 e. The molecule has 3 aromatic carbocycles. The van der Waals surface area contributed by atoms with Crippen LogP contribution >= 0.6 is 15.9 Å². The van der Waals surface area contributed by atoms with E-state index in [1.165, 1.54) is 11.1 Å². The van der Waals surface area contributed by atoms with Crippen LogP contribution in [0.4, 0.5) is 11.4 Å². The van der Waals surface area contributed by atoms with Gasteiger partial charge in [-0.1, -0.05) is 40.2 Å². The monoisotopic (exact) mass is 392 g/mol. The van der Waals surface area contributed by atoms with Crippen LogP contribution in [-0.2, 0) is 13.1 Å². The van der Waals surface area contributed by atoms with Gasteiger partial charge in [0.25, 0.3) is 5.91 Å². The third-order valence-electron chi connectivity index (χ3n) is 4.44. The summed E-state index contributed by atoms with van der Waals surface area (Å²) in [6.45, 7) is 1.83. The molecular weight excluding hydrogens is 376 g/mol. The highest BCUT2D eigenvalue weighted by molar-refractivity contribution is 9.10. The predicted octanol–water partition coefficient (Wildman–Crippen LogP) is 5.22. The number of nitrogens with zero attached hydrogens (tertiary/aromatic N) is 1. The van der Waals surface area contributed by atoms with Crippen molar-refractivity contribution >= 4 is 33.2 Å². The van der Waals surface area contributed by atoms with E-state index in [0.29, 0.717) is 5.56 Å². The Morgan fingerprint density at radius 1 is 0.840 bits per heavy atom. The van der Waals surface area contributed by atoms with Gasteiger partial charge in [-0.15, -0.1) is 0 Å². The average molecular weight is 393 g/mol. The second-order valence-corrected chi connectivity index (χ2v) is 7.05. The zero-order chi connectivity index (χ0) is 17.2. The average Bonchev–Trinajstić information content (AvgIpc) is 3.08. The third kappa shape index (κ3) is 3.44. The second-order valence-electron chi connectivity index (χ2n) is 6.13. The molecule has 0 aromatic heterocycles. The van der Waals surface area contributed by atoms with Gasteiger partial charge in [-0.05, 0) is 59.7 Å². The van der Waals surface area contributed by atoms with E-state index < -0.39 is 0 Å². The highest BCUT2D eigenvalue weighted by Gasteiger charge is 2.18. The fraction of sp³-hybridized carbons (Fsp3) is 0.0952. The molecule has 0 saturated heterocycles. The van der Waals surface area contributed by atoms with Crippen molar-refractivity contribution in [2.75, 3.05) is 10.2 Å². The molecule has 0 fully saturated rings. The number of carbonyl (C=O) groups excluding carboxylic acids is 1. The molecule has 0 spiro atoms. The SMILES string of the molecule is O=C(Nc1ccc(Br)cc1)c1ccc(N2Cc3ccccc3C2)cc1. The van der Waals surface area contributed by atoms with Gasteiger partial charge in [-0.2, -0.15) is 0 Å². The Morgan fingerprint density at radius 3 is 2.04 bits per heavy atom. The van der Waals surface area contributed by atoms with Crippen LogP contribution in [0.15, 0.2) is 77.3 Å². The van der Waals surface area contributed by atoms with Crippen LogP contribution in [-0.4, -0.2) is 5.91 Å². The number of fused-ring (bicyclic) bond motifs is 1. The second kappa shape index (κ2) is 6.73. The number of halogens is 1. The number of benzene rings is 3. The number of rotatable bonds is 3. The van der Waals surface area contributed by atoms with Crippen LogP contribution in [0, 0.1) is 0 Å². The first-order valence-electron chi connectivity index (χ1n) is 8.18. The maximum atomic E-state index is 12.4. The minimum absolute atomic E-state index is 0.0985. The molecule has 4 rings (SSSR count). The van der Waals surface area contributed by atoms with E-state index in [0.717, 1.165) is 28.9 Å². The van der Waals surface area contributed by atoms with Gasteiger partial charge in [0.15, 0.2) is 0 Å². The van der Waals surface area contributed by atoms with Gasteiger partial charge in [0.1, 0.15) is 0 Å². The number of carbonyl (C=O) groups is 1. The molecule has 3 nitrogen and oxygen atoms in total. The zero-order valence-electron chi connectivity index (χ0n) is 13.6. The first kappa shape index (κ1) is 15.9. The van der Waals surface area contributed by atoms with Gasteiger partial charge >= 0.3 is 0 Å². The van der Waals surface area contributed by atoms with Crippen LogP contribution in [0.2, 0.25) is 0 Å². The van der Waals surface area contributed by atoms with Gasteiger partial charge < -0.3 is 10.2 Å². The lowest BCUT2D eigenvalue weighted by atomic mass is 10.1. The molecule has 1 aliphatic heterocycles. The summed E-state index contributed by atoms with van der Waals surface area (Å²) in [4.78, 5) is 14.7. The number of hydrogen-bond donors (Lipinski definition) is 1. The summed E-state index contributed by atoms with van der Waals surface area (Å²) in [5.74, 6) is -0.0985. The summed E-state index contributed by atoms with van der Waals surface area (Å²) >= 11 is 3.39. The Kier molecular flexibility index (Phi) is 4.28. The van der Waals surface area contributed by atoms with Crippen molar-refractivity contribution in [1.29, 1.82) is 0 Å². The molecule has 1 amide bonds. The van der Waals surface area contributed by atoms with Gasteiger partial charge in [0.05, 0.1) is 0 Å². The zero-order valence-corrected chi connectivity index (χ0v) is 15.2. The number of anilines is 2. The van der Waals surface area contributed by atoms with Crippen molar-refractivity contribution in [2.45, 2.75) is 13.1 Å². The van der Waals surface area contributed by atoms with Crippen LogP contribution in [0.25, 0.3) is 0 Å². The standard InChI is InChI=1S/C21H17BrN2O/c22-18-7-9-19(10-8-18)23-21(25)15-5-11-20(12-6-15)24-13-16-3-1-2-4-17(16)14-24/h1-12H,13-14H2,(H,23,25). The highest BCUT2D eigenvalue weighted by Crippen LogP contribution is 2.28. The molecule has 4 heteroatoms. The summed E-state index contributed by atoms with van der Waals surface area (Å²) in [6, 6.07) is 23.9. The highest BCUT2D eigenvalue weighted by atomic mass is 79.9. The lowest BCUT2D eigenvalue weighted by molar-refractivity contribution is 0.102. The summed E-state index contributed by atoms with van der Waals surface area (Å²) in [5, 5.41) is 2.92. The minimum atomic E-state index is -0.0985. The number of amides is 1. The quantitative estimate of drug-likeness (QED) is 0.662. The minimum Gasteiger partial charge on any atom is -0.363 e. The molecule has 1 heterocycles. The molecule has 0 atom stereocenters. The Bertz CT molecular complexity index is 879. The fourth-order valence-electron chi connectivity index (χ4n) is 3.08. The summed E-state index contributed by atoms with van der Waals surface area (Å²) in [7, 11) is 0. The van der Waals surface area contributed by atoms with Crippen molar-refractivity contribution in [1.82, 2.24) is 0 Å². The topological polar surface area (TPSA) is 32.3 Å². The van der Waals surface area contributed by atoms with E-state index in [-0.39, 0.29) is 5.91 Å². The molecule has 0 unspecified atom stereocenters. The smallest absolute Gasteiger partial charge is 0.255 e. The van der Waals surface area contributed by atoms with E-state index in [1.807, 2.05) is 48.5 Å². The summed E-state index contributed by atoms with van der Waals surface area (Å²) in [6.07, 6.45) is 0. The largest absolute Gasteiger partial charge is 0.363 e. The molecular formula is C21H17BrN2O. The maximum absolute atomic E-state index is 12.4. The van der Waals surface area contributed by atoms with Crippen molar-refractivity contribution in [3.63, 3.8) is 0 Å². The van der Waals surface area contributed by atoms with Crippen molar-refractivity contribution in [3.8, 4) is 0 Å². The van der Waals surface area contributed by atoms with Crippen LogP contribution in [0.1, 0.15) is 21.5 Å². The predicted molar refractivity (Wildman–Crippen MR) is 105 cm³/mol. The first-order chi connectivity index (χ1) is 12.2. The van der Waals surface area contributed by atoms with Crippen molar-refractivity contribution in [2.24, 2.45) is 0 Å². The van der Waals surface area contributed by atoms with E-state index in [9.17, 15) is 4.79 Å². The molecule has 3 aromatic rings. The normalized spacial score (nSPS) is 12.8. The summed E-state index contributed by atoms with van der Waals surface area (Å²) in [5.41, 5.74) is 5.33. The Labute approximate surface area is 155 Å². The van der Waals surface area contributed by atoms with Gasteiger partial charge in [0.2, 0.25) is 0 Å².